The Morgan fingerprint density at radius 3 is 2.20 bits per heavy atom. The summed E-state index contributed by atoms with van der Waals surface area (Å²) in [5.74, 6) is 0.780. The second-order valence-corrected chi connectivity index (χ2v) is 8.09. The van der Waals surface area contributed by atoms with E-state index >= 15 is 0 Å². The van der Waals surface area contributed by atoms with Crippen molar-refractivity contribution in [3.63, 3.8) is 0 Å². The van der Waals surface area contributed by atoms with Crippen molar-refractivity contribution < 1.29 is 0 Å². The van der Waals surface area contributed by atoms with Crippen LogP contribution in [0.25, 0.3) is 0 Å². The molecular formula is C18H38N2. The number of nitrogens with zero attached hydrogens (tertiary/aromatic N) is 1. The lowest BCUT2D eigenvalue weighted by Crippen LogP contribution is -2.45. The standard InChI is InChI=1S/C18H38N2/c1-7-19-17(18(4,5)6)12-13-20(14-15(2)3)16-10-8-9-11-16/h15-17,19H,7-14H2,1-6H3. The first-order valence-electron chi connectivity index (χ1n) is 8.82. The zero-order chi connectivity index (χ0) is 15.2. The van der Waals surface area contributed by atoms with Crippen molar-refractivity contribution in [2.45, 2.75) is 85.7 Å². The smallest absolute Gasteiger partial charge is 0.0128 e. The number of nitrogens with one attached hydrogen (secondary N) is 1. The summed E-state index contributed by atoms with van der Waals surface area (Å²) in [5.41, 5.74) is 0.356. The van der Waals surface area contributed by atoms with Crippen molar-refractivity contribution in [3.8, 4) is 0 Å². The minimum atomic E-state index is 0.356. The summed E-state index contributed by atoms with van der Waals surface area (Å²) in [6.45, 7) is 17.6. The van der Waals surface area contributed by atoms with Crippen molar-refractivity contribution in [3.05, 3.63) is 0 Å². The van der Waals surface area contributed by atoms with Gasteiger partial charge in [-0.2, -0.15) is 0 Å². The Bertz CT molecular complexity index is 249. The highest BCUT2D eigenvalue weighted by molar-refractivity contribution is 4.84. The van der Waals surface area contributed by atoms with E-state index in [0.29, 0.717) is 11.5 Å². The summed E-state index contributed by atoms with van der Waals surface area (Å²) >= 11 is 0. The van der Waals surface area contributed by atoms with Crippen molar-refractivity contribution >= 4 is 0 Å². The van der Waals surface area contributed by atoms with E-state index in [1.807, 2.05) is 0 Å². The molecule has 1 rings (SSSR count). The molecule has 1 N–H and O–H groups in total. The van der Waals surface area contributed by atoms with Gasteiger partial charge in [0.25, 0.3) is 0 Å². The maximum atomic E-state index is 3.70. The van der Waals surface area contributed by atoms with E-state index in [-0.39, 0.29) is 0 Å². The molecule has 0 aromatic carbocycles. The van der Waals surface area contributed by atoms with Crippen LogP contribution in [0.4, 0.5) is 0 Å². The summed E-state index contributed by atoms with van der Waals surface area (Å²) in [4.78, 5) is 2.79. The van der Waals surface area contributed by atoms with Crippen LogP contribution < -0.4 is 5.32 Å². The molecule has 20 heavy (non-hydrogen) atoms. The lowest BCUT2D eigenvalue weighted by Gasteiger charge is -2.36. The van der Waals surface area contributed by atoms with Crippen LogP contribution >= 0.6 is 0 Å². The molecule has 0 aromatic heterocycles. The summed E-state index contributed by atoms with van der Waals surface area (Å²) in [5, 5.41) is 3.70. The summed E-state index contributed by atoms with van der Waals surface area (Å²) in [6.07, 6.45) is 7.01. The molecule has 2 nitrogen and oxygen atoms in total. The first kappa shape index (κ1) is 18.0. The van der Waals surface area contributed by atoms with Crippen LogP contribution in [-0.4, -0.2) is 36.6 Å². The molecule has 1 fully saturated rings. The number of rotatable bonds is 8. The van der Waals surface area contributed by atoms with Gasteiger partial charge in [-0.1, -0.05) is 54.4 Å². The Morgan fingerprint density at radius 2 is 1.75 bits per heavy atom. The van der Waals surface area contributed by atoms with E-state index in [1.54, 1.807) is 0 Å². The van der Waals surface area contributed by atoms with Gasteiger partial charge in [-0.3, -0.25) is 0 Å². The number of hydrogen-bond donors (Lipinski definition) is 1. The molecule has 1 aliphatic rings. The predicted molar refractivity (Wildman–Crippen MR) is 90.2 cm³/mol. The maximum Gasteiger partial charge on any atom is 0.0128 e. The monoisotopic (exact) mass is 282 g/mol. The molecule has 1 unspecified atom stereocenters. The molecule has 1 saturated carbocycles. The molecule has 0 amide bonds. The van der Waals surface area contributed by atoms with Crippen molar-refractivity contribution in [2.24, 2.45) is 11.3 Å². The molecule has 0 spiro atoms. The van der Waals surface area contributed by atoms with Crippen molar-refractivity contribution in [2.75, 3.05) is 19.6 Å². The minimum Gasteiger partial charge on any atom is -0.314 e. The van der Waals surface area contributed by atoms with E-state index in [9.17, 15) is 0 Å². The van der Waals surface area contributed by atoms with Gasteiger partial charge in [-0.15, -0.1) is 0 Å². The van der Waals surface area contributed by atoms with E-state index in [2.05, 4.69) is 51.8 Å². The topological polar surface area (TPSA) is 15.3 Å². The third-order valence-corrected chi connectivity index (χ3v) is 4.64. The Kier molecular flexibility index (Phi) is 7.53. The summed E-state index contributed by atoms with van der Waals surface area (Å²) in [6, 6.07) is 1.49. The predicted octanol–water partition coefficient (Wildman–Crippen LogP) is 4.30. The maximum absolute atomic E-state index is 3.70. The molecule has 120 valence electrons. The van der Waals surface area contributed by atoms with E-state index < -0.39 is 0 Å². The quantitative estimate of drug-likeness (QED) is 0.714. The van der Waals surface area contributed by atoms with Crippen LogP contribution in [0.5, 0.6) is 0 Å². The third kappa shape index (κ3) is 6.13. The van der Waals surface area contributed by atoms with Crippen LogP contribution in [-0.2, 0) is 0 Å². The van der Waals surface area contributed by atoms with Crippen LogP contribution in [0.1, 0.15) is 73.6 Å². The fourth-order valence-corrected chi connectivity index (χ4v) is 3.54. The molecule has 1 atom stereocenters. The lowest BCUT2D eigenvalue weighted by molar-refractivity contribution is 0.150. The zero-order valence-corrected chi connectivity index (χ0v) is 14.8. The Morgan fingerprint density at radius 1 is 1.15 bits per heavy atom. The van der Waals surface area contributed by atoms with E-state index in [1.165, 1.54) is 45.2 Å². The molecule has 0 aromatic rings. The Labute approximate surface area is 127 Å². The number of hydrogen-bond acceptors (Lipinski definition) is 2. The summed E-state index contributed by atoms with van der Waals surface area (Å²) < 4.78 is 0. The van der Waals surface area contributed by atoms with Gasteiger partial charge in [-0.25, -0.2) is 0 Å². The fraction of sp³-hybridized carbons (Fsp3) is 1.00. The normalized spacial score (nSPS) is 19.2. The minimum absolute atomic E-state index is 0.356. The molecule has 0 saturated heterocycles. The Balaban J connectivity index is 2.54. The molecule has 0 bridgehead atoms. The van der Waals surface area contributed by atoms with Gasteiger partial charge in [0.15, 0.2) is 0 Å². The lowest BCUT2D eigenvalue weighted by atomic mass is 9.84. The highest BCUT2D eigenvalue weighted by Gasteiger charge is 2.27. The average Bonchev–Trinajstić information content (AvgIpc) is 2.84. The largest absolute Gasteiger partial charge is 0.314 e. The SMILES string of the molecule is CCNC(CCN(CC(C)C)C1CCCC1)C(C)(C)C. The van der Waals surface area contributed by atoms with Gasteiger partial charge in [0, 0.05) is 18.6 Å². The van der Waals surface area contributed by atoms with Gasteiger partial charge in [0.1, 0.15) is 0 Å². The highest BCUT2D eigenvalue weighted by atomic mass is 15.2. The van der Waals surface area contributed by atoms with Crippen LogP contribution in [0.15, 0.2) is 0 Å². The van der Waals surface area contributed by atoms with Gasteiger partial charge in [0.05, 0.1) is 0 Å². The highest BCUT2D eigenvalue weighted by Crippen LogP contribution is 2.27. The van der Waals surface area contributed by atoms with Gasteiger partial charge < -0.3 is 10.2 Å². The van der Waals surface area contributed by atoms with E-state index in [0.717, 1.165) is 18.5 Å². The van der Waals surface area contributed by atoms with Crippen molar-refractivity contribution in [1.29, 1.82) is 0 Å². The molecular weight excluding hydrogens is 244 g/mol. The van der Waals surface area contributed by atoms with Crippen LogP contribution in [0.3, 0.4) is 0 Å². The molecule has 0 heterocycles. The zero-order valence-electron chi connectivity index (χ0n) is 14.8. The van der Waals surface area contributed by atoms with Crippen LogP contribution in [0.2, 0.25) is 0 Å². The summed E-state index contributed by atoms with van der Waals surface area (Å²) in [7, 11) is 0. The second-order valence-electron chi connectivity index (χ2n) is 8.09. The van der Waals surface area contributed by atoms with Gasteiger partial charge >= 0.3 is 0 Å². The molecule has 0 aliphatic heterocycles. The average molecular weight is 283 g/mol. The first-order chi connectivity index (χ1) is 9.34. The van der Waals surface area contributed by atoms with Gasteiger partial charge in [0.2, 0.25) is 0 Å². The molecule has 2 heteroatoms. The Hall–Kier alpha value is -0.0800. The van der Waals surface area contributed by atoms with Gasteiger partial charge in [-0.05, 0) is 43.7 Å². The molecule has 1 aliphatic carbocycles. The second kappa shape index (κ2) is 8.38. The van der Waals surface area contributed by atoms with Crippen LogP contribution in [0, 0.1) is 11.3 Å². The van der Waals surface area contributed by atoms with E-state index in [4.69, 9.17) is 0 Å². The fourth-order valence-electron chi connectivity index (χ4n) is 3.54. The molecule has 0 radical (unpaired) electrons. The van der Waals surface area contributed by atoms with Crippen molar-refractivity contribution in [1.82, 2.24) is 10.2 Å². The third-order valence-electron chi connectivity index (χ3n) is 4.64. The first-order valence-corrected chi connectivity index (χ1v) is 8.82.